The number of nitrogens with one attached hydrogen (secondary N) is 2. The quantitative estimate of drug-likeness (QED) is 0.356. The lowest BCUT2D eigenvalue weighted by Gasteiger charge is -2.30. The van der Waals surface area contributed by atoms with Crippen molar-refractivity contribution in [1.29, 1.82) is 0 Å². The van der Waals surface area contributed by atoms with Gasteiger partial charge in [0.15, 0.2) is 0 Å². The average Bonchev–Trinajstić information content (AvgIpc) is 2.71. The summed E-state index contributed by atoms with van der Waals surface area (Å²) in [7, 11) is 0. The predicted octanol–water partition coefficient (Wildman–Crippen LogP) is 7.87. The van der Waals surface area contributed by atoms with E-state index in [-0.39, 0.29) is 24.2 Å². The molecule has 0 heterocycles. The fourth-order valence-corrected chi connectivity index (χ4v) is 3.66. The third kappa shape index (κ3) is 6.98. The number of aryl methyl sites for hydroxylation is 1. The summed E-state index contributed by atoms with van der Waals surface area (Å²) in [5.74, 6) is -0.857. The first-order valence-electron chi connectivity index (χ1n) is 10.4. The summed E-state index contributed by atoms with van der Waals surface area (Å²) >= 11 is 11.6. The van der Waals surface area contributed by atoms with Crippen molar-refractivity contribution >= 4 is 40.9 Å². The summed E-state index contributed by atoms with van der Waals surface area (Å²) in [6.07, 6.45) is -13.4. The molecule has 0 aromatic heterocycles. The van der Waals surface area contributed by atoms with Crippen molar-refractivity contribution in [2.24, 2.45) is 0 Å². The van der Waals surface area contributed by atoms with E-state index in [0.29, 0.717) is 11.1 Å². The number of anilines is 1. The molecule has 0 fully saturated rings. The molecule has 14 heteroatoms. The van der Waals surface area contributed by atoms with Crippen molar-refractivity contribution in [3.8, 4) is 0 Å². The molecule has 0 saturated carbocycles. The molecule has 2 amide bonds. The number of carbonyl (C=O) groups excluding carboxylic acids is 2. The Morgan fingerprint density at radius 2 is 1.41 bits per heavy atom. The maximum absolute atomic E-state index is 14.3. The Kier molecular flexibility index (Phi) is 8.71. The Labute approximate surface area is 217 Å². The van der Waals surface area contributed by atoms with Crippen molar-refractivity contribution in [3.63, 3.8) is 0 Å². The van der Waals surface area contributed by atoms with Gasteiger partial charge in [0.05, 0.1) is 15.7 Å². The number of amides is 2. The molecule has 5 nitrogen and oxygen atoms in total. The molecule has 0 aliphatic heterocycles. The van der Waals surface area contributed by atoms with Gasteiger partial charge in [0.25, 0.3) is 5.91 Å². The molecule has 0 saturated heterocycles. The molecule has 37 heavy (non-hydrogen) atoms. The highest BCUT2D eigenvalue weighted by atomic mass is 35.5. The lowest BCUT2D eigenvalue weighted by atomic mass is 9.94. The van der Waals surface area contributed by atoms with Gasteiger partial charge in [0, 0.05) is 17.7 Å². The molecule has 2 aromatic rings. The van der Waals surface area contributed by atoms with Crippen LogP contribution in [-0.4, -0.2) is 30.0 Å². The van der Waals surface area contributed by atoms with Crippen LogP contribution < -0.4 is 10.6 Å². The number of benzene rings is 2. The number of rotatable bonds is 5. The maximum atomic E-state index is 14.3. The van der Waals surface area contributed by atoms with Crippen LogP contribution in [0, 0.1) is 6.92 Å². The number of hydrogen-bond acceptors (Lipinski definition) is 3. The van der Waals surface area contributed by atoms with Crippen LogP contribution in [-0.2, 0) is 17.0 Å². The Hall–Kier alpha value is -2.73. The minimum absolute atomic E-state index is 0.0279. The van der Waals surface area contributed by atoms with Gasteiger partial charge in [-0.1, -0.05) is 29.3 Å². The number of alkyl carbamates (subject to hydrolysis) is 1. The maximum Gasteiger partial charge on any atom is 0.435 e. The van der Waals surface area contributed by atoms with Gasteiger partial charge in [-0.05, 0) is 63.1 Å². The summed E-state index contributed by atoms with van der Waals surface area (Å²) < 4.78 is 97.7. The zero-order valence-corrected chi connectivity index (χ0v) is 21.2. The van der Waals surface area contributed by atoms with Crippen LogP contribution in [0.4, 0.5) is 41.2 Å². The van der Waals surface area contributed by atoms with Crippen LogP contribution in [0.2, 0.25) is 10.0 Å². The zero-order chi connectivity index (χ0) is 28.6. The standard InChI is InChI=1S/C23H21Cl2F7N2O3/c1-11-7-12(5-6-13(11)10-33-19(36)37-20(2,3)4)18(35)34-17-15(24)8-14(9-16(17)25)21(26,22(27,28)29)23(30,31)32/h5-9H,10H2,1-4H3,(H,33,36)(H,34,35). The minimum Gasteiger partial charge on any atom is -0.444 e. The summed E-state index contributed by atoms with van der Waals surface area (Å²) in [5.41, 5.74) is -7.63. The highest BCUT2D eigenvalue weighted by molar-refractivity contribution is 6.40. The van der Waals surface area contributed by atoms with Crippen molar-refractivity contribution < 1.29 is 45.1 Å². The third-order valence-corrected chi connectivity index (χ3v) is 5.48. The number of carbonyl (C=O) groups is 2. The first-order chi connectivity index (χ1) is 16.7. The normalized spacial score (nSPS) is 12.8. The van der Waals surface area contributed by atoms with Crippen molar-refractivity contribution in [2.75, 3.05) is 5.32 Å². The van der Waals surface area contributed by atoms with E-state index in [1.807, 2.05) is 0 Å². The van der Waals surface area contributed by atoms with E-state index in [1.165, 1.54) is 18.2 Å². The van der Waals surface area contributed by atoms with E-state index < -0.39 is 56.9 Å². The third-order valence-electron chi connectivity index (χ3n) is 4.89. The van der Waals surface area contributed by atoms with E-state index in [0.717, 1.165) is 0 Å². The Morgan fingerprint density at radius 1 is 0.892 bits per heavy atom. The van der Waals surface area contributed by atoms with Gasteiger partial charge in [-0.3, -0.25) is 4.79 Å². The molecule has 0 radical (unpaired) electrons. The van der Waals surface area contributed by atoms with E-state index in [2.05, 4.69) is 10.6 Å². The van der Waals surface area contributed by atoms with E-state index in [9.17, 15) is 40.3 Å². The summed E-state index contributed by atoms with van der Waals surface area (Å²) in [6.45, 7) is 6.78. The molecule has 204 valence electrons. The first-order valence-corrected chi connectivity index (χ1v) is 11.1. The number of halogens is 9. The predicted molar refractivity (Wildman–Crippen MR) is 124 cm³/mol. The second-order valence-corrected chi connectivity index (χ2v) is 9.73. The highest BCUT2D eigenvalue weighted by Crippen LogP contribution is 2.54. The first kappa shape index (κ1) is 30.5. The van der Waals surface area contributed by atoms with Gasteiger partial charge >= 0.3 is 24.1 Å². The second-order valence-electron chi connectivity index (χ2n) is 8.92. The van der Waals surface area contributed by atoms with E-state index in [1.54, 1.807) is 27.7 Å². The fraction of sp³-hybridized carbons (Fsp3) is 0.391. The zero-order valence-electron chi connectivity index (χ0n) is 19.7. The average molecular weight is 577 g/mol. The van der Waals surface area contributed by atoms with Crippen LogP contribution in [0.5, 0.6) is 0 Å². The largest absolute Gasteiger partial charge is 0.444 e. The molecular formula is C23H21Cl2F7N2O3. The van der Waals surface area contributed by atoms with Gasteiger partial charge in [-0.25, -0.2) is 9.18 Å². The van der Waals surface area contributed by atoms with Gasteiger partial charge in [0.2, 0.25) is 0 Å². The molecule has 0 atom stereocenters. The lowest BCUT2D eigenvalue weighted by molar-refractivity contribution is -0.348. The van der Waals surface area contributed by atoms with Crippen LogP contribution >= 0.6 is 23.2 Å². The molecule has 2 rings (SSSR count). The van der Waals surface area contributed by atoms with Gasteiger partial charge in [-0.15, -0.1) is 0 Å². The number of hydrogen-bond donors (Lipinski definition) is 2. The topological polar surface area (TPSA) is 67.4 Å². The molecule has 0 aliphatic carbocycles. The smallest absolute Gasteiger partial charge is 0.435 e. The summed E-state index contributed by atoms with van der Waals surface area (Å²) in [4.78, 5) is 24.5. The molecule has 0 unspecified atom stereocenters. The lowest BCUT2D eigenvalue weighted by Crippen LogP contribution is -2.50. The molecule has 2 N–H and O–H groups in total. The number of alkyl halides is 7. The molecule has 2 aromatic carbocycles. The Bertz CT molecular complexity index is 1160. The van der Waals surface area contributed by atoms with Crippen LogP contribution in [0.3, 0.4) is 0 Å². The number of ether oxygens (including phenoxy) is 1. The molecule has 0 spiro atoms. The van der Waals surface area contributed by atoms with Crippen molar-refractivity contribution in [3.05, 3.63) is 62.6 Å². The van der Waals surface area contributed by atoms with E-state index in [4.69, 9.17) is 27.9 Å². The molecule has 0 aliphatic rings. The van der Waals surface area contributed by atoms with Crippen LogP contribution in [0.25, 0.3) is 0 Å². The van der Waals surface area contributed by atoms with Crippen molar-refractivity contribution in [1.82, 2.24) is 5.32 Å². The van der Waals surface area contributed by atoms with Crippen LogP contribution in [0.1, 0.15) is 47.8 Å². The van der Waals surface area contributed by atoms with E-state index >= 15 is 0 Å². The van der Waals surface area contributed by atoms with Crippen molar-refractivity contribution in [2.45, 2.75) is 57.9 Å². The summed E-state index contributed by atoms with van der Waals surface area (Å²) in [6, 6.07) is 4.47. The minimum atomic E-state index is -6.36. The second kappa shape index (κ2) is 10.6. The van der Waals surface area contributed by atoms with Gasteiger partial charge in [0.1, 0.15) is 5.60 Å². The highest BCUT2D eigenvalue weighted by Gasteiger charge is 2.73. The Morgan fingerprint density at radius 3 is 1.84 bits per heavy atom. The molecular weight excluding hydrogens is 556 g/mol. The monoisotopic (exact) mass is 576 g/mol. The van der Waals surface area contributed by atoms with Crippen LogP contribution in [0.15, 0.2) is 30.3 Å². The fourth-order valence-electron chi connectivity index (χ4n) is 3.08. The Balaban J connectivity index is 2.26. The molecule has 0 bridgehead atoms. The summed E-state index contributed by atoms with van der Waals surface area (Å²) in [5, 5.41) is 3.05. The van der Waals surface area contributed by atoms with Gasteiger partial charge < -0.3 is 15.4 Å². The SMILES string of the molecule is Cc1cc(C(=O)Nc2c(Cl)cc(C(F)(C(F)(F)F)C(F)(F)F)cc2Cl)ccc1CNC(=O)OC(C)(C)C. The van der Waals surface area contributed by atoms with Gasteiger partial charge in [-0.2, -0.15) is 26.3 Å².